The second-order valence-corrected chi connectivity index (χ2v) is 5.60. The van der Waals surface area contributed by atoms with Crippen molar-refractivity contribution in [2.45, 2.75) is 13.3 Å². The van der Waals surface area contributed by atoms with Gasteiger partial charge in [0.25, 0.3) is 0 Å². The Bertz CT molecular complexity index is 591. The molecule has 2 aromatic rings. The van der Waals surface area contributed by atoms with E-state index in [0.717, 1.165) is 16.7 Å². The third kappa shape index (κ3) is 2.78. The Hall–Kier alpha value is -0.400. The molecule has 0 saturated carbocycles. The van der Waals surface area contributed by atoms with Crippen molar-refractivity contribution in [1.29, 1.82) is 0 Å². The topological polar surface area (TPSA) is 0 Å². The third-order valence-electron chi connectivity index (χ3n) is 2.77. The third-order valence-corrected chi connectivity index (χ3v) is 4.64. The maximum Gasteiger partial charge on any atom is 0.0630 e. The second kappa shape index (κ2) is 5.71. The molecule has 94 valence electrons. The minimum Gasteiger partial charge on any atom is -0.0827 e. The molecule has 0 heterocycles. The highest BCUT2D eigenvalue weighted by Crippen LogP contribution is 2.33. The van der Waals surface area contributed by atoms with Crippen LogP contribution in [0, 0.1) is 6.92 Å². The van der Waals surface area contributed by atoms with Gasteiger partial charge in [0.05, 0.1) is 20.1 Å². The van der Waals surface area contributed by atoms with Gasteiger partial charge in [-0.2, -0.15) is 0 Å². The van der Waals surface area contributed by atoms with Crippen molar-refractivity contribution in [3.05, 3.63) is 67.1 Å². The van der Waals surface area contributed by atoms with E-state index >= 15 is 0 Å². The molecule has 0 nitrogen and oxygen atoms in total. The SMILES string of the molecule is Cc1ccc(Cc2cccc(Cl)c2Cl)c(Cl)c1Cl. The van der Waals surface area contributed by atoms with E-state index in [4.69, 9.17) is 46.4 Å². The number of hydrogen-bond acceptors (Lipinski definition) is 0. The summed E-state index contributed by atoms with van der Waals surface area (Å²) in [6.45, 7) is 1.92. The zero-order chi connectivity index (χ0) is 13.3. The fourth-order valence-electron chi connectivity index (χ4n) is 1.71. The van der Waals surface area contributed by atoms with E-state index in [-0.39, 0.29) is 0 Å². The lowest BCUT2D eigenvalue weighted by Gasteiger charge is -2.10. The number of aryl methyl sites for hydroxylation is 1. The van der Waals surface area contributed by atoms with E-state index in [9.17, 15) is 0 Å². The molecule has 0 amide bonds. The van der Waals surface area contributed by atoms with Crippen molar-refractivity contribution < 1.29 is 0 Å². The smallest absolute Gasteiger partial charge is 0.0630 e. The number of benzene rings is 2. The van der Waals surface area contributed by atoms with E-state index < -0.39 is 0 Å². The van der Waals surface area contributed by atoms with Crippen LogP contribution in [-0.2, 0) is 6.42 Å². The predicted molar refractivity (Wildman–Crippen MR) is 80.5 cm³/mol. The maximum absolute atomic E-state index is 6.23. The van der Waals surface area contributed by atoms with Crippen molar-refractivity contribution in [2.75, 3.05) is 0 Å². The molecular formula is C14H10Cl4. The predicted octanol–water partition coefficient (Wildman–Crippen LogP) is 6.20. The van der Waals surface area contributed by atoms with Gasteiger partial charge in [0, 0.05) is 6.42 Å². The maximum atomic E-state index is 6.23. The molecule has 2 aromatic carbocycles. The normalized spacial score (nSPS) is 10.7. The molecule has 0 saturated heterocycles. The quantitative estimate of drug-likeness (QED) is 0.618. The zero-order valence-electron chi connectivity index (χ0n) is 9.61. The highest BCUT2D eigenvalue weighted by Gasteiger charge is 2.11. The molecule has 0 atom stereocenters. The van der Waals surface area contributed by atoms with Crippen LogP contribution in [0.15, 0.2) is 30.3 Å². The van der Waals surface area contributed by atoms with Crippen LogP contribution < -0.4 is 0 Å². The summed E-state index contributed by atoms with van der Waals surface area (Å²) in [4.78, 5) is 0. The molecule has 0 unspecified atom stereocenters. The minimum atomic E-state index is 0.545. The summed E-state index contributed by atoms with van der Waals surface area (Å²) >= 11 is 24.5. The van der Waals surface area contributed by atoms with E-state index in [1.54, 1.807) is 6.07 Å². The standard InChI is InChI=1S/C14H10Cl4/c1-8-5-6-10(14(18)12(8)16)7-9-3-2-4-11(15)13(9)17/h2-6H,7H2,1H3. The van der Waals surface area contributed by atoms with Gasteiger partial charge in [0.2, 0.25) is 0 Å². The lowest BCUT2D eigenvalue weighted by molar-refractivity contribution is 1.19. The Morgan fingerprint density at radius 3 is 2.17 bits per heavy atom. The van der Waals surface area contributed by atoms with Gasteiger partial charge in [0.1, 0.15) is 0 Å². The van der Waals surface area contributed by atoms with Crippen molar-refractivity contribution >= 4 is 46.4 Å². The van der Waals surface area contributed by atoms with E-state index in [0.29, 0.717) is 26.5 Å². The lowest BCUT2D eigenvalue weighted by atomic mass is 10.0. The first-order valence-corrected chi connectivity index (χ1v) is 6.88. The van der Waals surface area contributed by atoms with Gasteiger partial charge < -0.3 is 0 Å². The van der Waals surface area contributed by atoms with Gasteiger partial charge in [-0.15, -0.1) is 0 Å². The van der Waals surface area contributed by atoms with Crippen LogP contribution in [-0.4, -0.2) is 0 Å². The summed E-state index contributed by atoms with van der Waals surface area (Å²) < 4.78 is 0. The summed E-state index contributed by atoms with van der Waals surface area (Å²) in [5.41, 5.74) is 2.84. The van der Waals surface area contributed by atoms with Gasteiger partial charge in [-0.05, 0) is 29.7 Å². The van der Waals surface area contributed by atoms with Gasteiger partial charge in [-0.3, -0.25) is 0 Å². The van der Waals surface area contributed by atoms with E-state index in [2.05, 4.69) is 0 Å². The molecule has 2 rings (SSSR count). The summed E-state index contributed by atoms with van der Waals surface area (Å²) in [7, 11) is 0. The Morgan fingerprint density at radius 1 is 0.778 bits per heavy atom. The Morgan fingerprint density at radius 2 is 1.44 bits per heavy atom. The van der Waals surface area contributed by atoms with Crippen molar-refractivity contribution in [3.63, 3.8) is 0 Å². The molecule has 0 radical (unpaired) electrons. The Labute approximate surface area is 126 Å². The second-order valence-electron chi connectivity index (χ2n) is 4.06. The summed E-state index contributed by atoms with van der Waals surface area (Å²) in [6, 6.07) is 9.46. The summed E-state index contributed by atoms with van der Waals surface area (Å²) in [6.07, 6.45) is 0.609. The number of rotatable bonds is 2. The molecular weight excluding hydrogens is 310 g/mol. The monoisotopic (exact) mass is 318 g/mol. The Kier molecular flexibility index (Phi) is 4.45. The van der Waals surface area contributed by atoms with Crippen LogP contribution in [0.5, 0.6) is 0 Å². The highest BCUT2D eigenvalue weighted by atomic mass is 35.5. The molecule has 0 aliphatic heterocycles. The van der Waals surface area contributed by atoms with Gasteiger partial charge in [-0.25, -0.2) is 0 Å². The Balaban J connectivity index is 2.41. The molecule has 0 aromatic heterocycles. The number of halogens is 4. The first-order valence-electron chi connectivity index (χ1n) is 5.37. The van der Waals surface area contributed by atoms with Crippen molar-refractivity contribution in [1.82, 2.24) is 0 Å². The zero-order valence-corrected chi connectivity index (χ0v) is 12.6. The summed E-state index contributed by atoms with van der Waals surface area (Å²) in [5, 5.41) is 2.27. The van der Waals surface area contributed by atoms with Gasteiger partial charge in [0.15, 0.2) is 0 Å². The van der Waals surface area contributed by atoms with E-state index in [1.807, 2.05) is 31.2 Å². The van der Waals surface area contributed by atoms with Crippen LogP contribution in [0.4, 0.5) is 0 Å². The van der Waals surface area contributed by atoms with Crippen molar-refractivity contribution in [3.8, 4) is 0 Å². The minimum absolute atomic E-state index is 0.545. The first-order chi connectivity index (χ1) is 8.50. The number of hydrogen-bond donors (Lipinski definition) is 0. The highest BCUT2D eigenvalue weighted by molar-refractivity contribution is 6.43. The van der Waals surface area contributed by atoms with Crippen LogP contribution in [0.25, 0.3) is 0 Å². The fourth-order valence-corrected chi connectivity index (χ4v) is 2.56. The molecule has 0 aliphatic carbocycles. The molecule has 0 bridgehead atoms. The average molecular weight is 320 g/mol. The van der Waals surface area contributed by atoms with E-state index in [1.165, 1.54) is 0 Å². The molecule has 0 aliphatic rings. The lowest BCUT2D eigenvalue weighted by Crippen LogP contribution is -1.92. The van der Waals surface area contributed by atoms with Crippen LogP contribution >= 0.6 is 46.4 Å². The van der Waals surface area contributed by atoms with Gasteiger partial charge in [-0.1, -0.05) is 70.7 Å². The molecule has 4 heteroatoms. The van der Waals surface area contributed by atoms with Crippen molar-refractivity contribution in [2.24, 2.45) is 0 Å². The van der Waals surface area contributed by atoms with Crippen LogP contribution in [0.2, 0.25) is 20.1 Å². The molecule has 0 spiro atoms. The molecule has 0 N–H and O–H groups in total. The largest absolute Gasteiger partial charge is 0.0827 e. The van der Waals surface area contributed by atoms with Crippen LogP contribution in [0.1, 0.15) is 16.7 Å². The van der Waals surface area contributed by atoms with Crippen LogP contribution in [0.3, 0.4) is 0 Å². The molecule has 0 fully saturated rings. The average Bonchev–Trinajstić information content (AvgIpc) is 2.35. The van der Waals surface area contributed by atoms with Gasteiger partial charge >= 0.3 is 0 Å². The molecule has 18 heavy (non-hydrogen) atoms. The first kappa shape index (κ1) is 14.0. The summed E-state index contributed by atoms with van der Waals surface area (Å²) in [5.74, 6) is 0. The fraction of sp³-hybridized carbons (Fsp3) is 0.143.